The van der Waals surface area contributed by atoms with E-state index in [9.17, 15) is 9.59 Å². The number of fused-ring (bicyclic) bond motifs is 1. The molecule has 0 saturated heterocycles. The van der Waals surface area contributed by atoms with Crippen LogP contribution in [-0.4, -0.2) is 37.8 Å². The Balaban J connectivity index is 2.31. The van der Waals surface area contributed by atoms with Gasteiger partial charge in [0.05, 0.1) is 17.5 Å². The number of carboxylic acid groups (broad SMARTS) is 1. The number of carbonyl (C=O) groups excluding carboxylic acids is 1. The predicted molar refractivity (Wildman–Crippen MR) is 81.7 cm³/mol. The average Bonchev–Trinajstić information content (AvgIpc) is 2.87. The first kappa shape index (κ1) is 15.9. The summed E-state index contributed by atoms with van der Waals surface area (Å²) in [7, 11) is 0. The number of aliphatic carboxylic acids is 1. The van der Waals surface area contributed by atoms with Gasteiger partial charge in [0.25, 0.3) is 5.91 Å². The van der Waals surface area contributed by atoms with Gasteiger partial charge in [-0.25, -0.2) is 14.5 Å². The highest BCUT2D eigenvalue weighted by Gasteiger charge is 2.21. The highest BCUT2D eigenvalue weighted by atomic mass is 16.4. The molecule has 2 aromatic rings. The van der Waals surface area contributed by atoms with Gasteiger partial charge in [-0.3, -0.25) is 4.79 Å². The zero-order chi connectivity index (χ0) is 16.3. The Bertz CT molecular complexity index is 708. The van der Waals surface area contributed by atoms with Crippen LogP contribution in [0.25, 0.3) is 11.0 Å². The third-order valence-electron chi connectivity index (χ3n) is 3.53. The first-order valence-corrected chi connectivity index (χ1v) is 7.34. The Labute approximate surface area is 128 Å². The fraction of sp³-hybridized carbons (Fsp3) is 0.467. The average molecular weight is 304 g/mol. The minimum atomic E-state index is -1.03. The van der Waals surface area contributed by atoms with Gasteiger partial charge in [0, 0.05) is 11.9 Å². The normalized spacial score (nSPS) is 12.3. The van der Waals surface area contributed by atoms with Crippen LogP contribution in [-0.2, 0) is 11.3 Å². The fourth-order valence-corrected chi connectivity index (χ4v) is 2.34. The molecule has 1 unspecified atom stereocenters. The SMILES string of the molecule is CCCC(NC(=O)c1cc2cnn(CC)c2nc1C)C(=O)O. The lowest BCUT2D eigenvalue weighted by molar-refractivity contribution is -0.139. The van der Waals surface area contributed by atoms with E-state index >= 15 is 0 Å². The number of nitrogens with zero attached hydrogens (tertiary/aromatic N) is 3. The van der Waals surface area contributed by atoms with E-state index in [0.717, 1.165) is 11.0 Å². The zero-order valence-electron chi connectivity index (χ0n) is 13.0. The highest BCUT2D eigenvalue weighted by Crippen LogP contribution is 2.16. The molecule has 0 aliphatic carbocycles. The number of hydrogen-bond donors (Lipinski definition) is 2. The second-order valence-electron chi connectivity index (χ2n) is 5.15. The Kier molecular flexibility index (Phi) is 4.75. The van der Waals surface area contributed by atoms with Crippen LogP contribution in [0, 0.1) is 6.92 Å². The molecule has 0 aromatic carbocycles. The Morgan fingerprint density at radius 2 is 2.14 bits per heavy atom. The maximum atomic E-state index is 12.3. The molecule has 0 spiro atoms. The topological polar surface area (TPSA) is 97.1 Å². The summed E-state index contributed by atoms with van der Waals surface area (Å²) in [5, 5.41) is 16.7. The molecule has 0 radical (unpaired) electrons. The Morgan fingerprint density at radius 3 is 2.73 bits per heavy atom. The summed E-state index contributed by atoms with van der Waals surface area (Å²) < 4.78 is 1.75. The van der Waals surface area contributed by atoms with Crippen molar-refractivity contribution in [2.24, 2.45) is 0 Å². The molecule has 2 rings (SSSR count). The molecule has 0 aliphatic heterocycles. The summed E-state index contributed by atoms with van der Waals surface area (Å²) in [5.41, 5.74) is 1.66. The third-order valence-corrected chi connectivity index (χ3v) is 3.53. The molecular weight excluding hydrogens is 284 g/mol. The van der Waals surface area contributed by atoms with E-state index in [1.165, 1.54) is 0 Å². The minimum Gasteiger partial charge on any atom is -0.480 e. The van der Waals surface area contributed by atoms with Crippen LogP contribution in [0.3, 0.4) is 0 Å². The standard InChI is InChI=1S/C15H20N4O3/c1-4-6-12(15(21)22)18-14(20)11-7-10-8-16-19(5-2)13(10)17-9(11)3/h7-8,12H,4-6H2,1-3H3,(H,18,20)(H,21,22). The van der Waals surface area contributed by atoms with Crippen LogP contribution in [0.15, 0.2) is 12.3 Å². The molecule has 1 amide bonds. The number of rotatable bonds is 6. The lowest BCUT2D eigenvalue weighted by Crippen LogP contribution is -2.40. The highest BCUT2D eigenvalue weighted by molar-refractivity contribution is 5.99. The van der Waals surface area contributed by atoms with Crippen molar-refractivity contribution in [2.75, 3.05) is 0 Å². The maximum absolute atomic E-state index is 12.3. The van der Waals surface area contributed by atoms with Crippen molar-refractivity contribution in [3.63, 3.8) is 0 Å². The molecule has 0 aliphatic rings. The van der Waals surface area contributed by atoms with Crippen molar-refractivity contribution in [1.82, 2.24) is 20.1 Å². The van der Waals surface area contributed by atoms with E-state index in [-0.39, 0.29) is 0 Å². The van der Waals surface area contributed by atoms with Crippen LogP contribution in [0.2, 0.25) is 0 Å². The number of aryl methyl sites for hydroxylation is 2. The van der Waals surface area contributed by atoms with Crippen molar-refractivity contribution in [1.29, 1.82) is 0 Å². The first-order chi connectivity index (χ1) is 10.5. The van der Waals surface area contributed by atoms with Crippen molar-refractivity contribution >= 4 is 22.9 Å². The summed E-state index contributed by atoms with van der Waals surface area (Å²) in [6, 6.07) is 0.822. The van der Waals surface area contributed by atoms with E-state index in [4.69, 9.17) is 5.11 Å². The summed E-state index contributed by atoms with van der Waals surface area (Å²) in [6.45, 7) is 6.27. The molecule has 7 nitrogen and oxygen atoms in total. The Hall–Kier alpha value is -2.44. The van der Waals surface area contributed by atoms with Gasteiger partial charge in [-0.15, -0.1) is 0 Å². The molecule has 0 saturated carbocycles. The molecular formula is C15H20N4O3. The number of carbonyl (C=O) groups is 2. The zero-order valence-corrected chi connectivity index (χ0v) is 13.0. The third kappa shape index (κ3) is 3.08. The molecule has 2 heterocycles. The second kappa shape index (κ2) is 6.55. The van der Waals surface area contributed by atoms with E-state index < -0.39 is 17.9 Å². The summed E-state index contributed by atoms with van der Waals surface area (Å²) >= 11 is 0. The number of nitrogens with one attached hydrogen (secondary N) is 1. The monoisotopic (exact) mass is 304 g/mol. The smallest absolute Gasteiger partial charge is 0.326 e. The van der Waals surface area contributed by atoms with Crippen LogP contribution in [0.1, 0.15) is 42.7 Å². The largest absolute Gasteiger partial charge is 0.480 e. The molecule has 7 heteroatoms. The molecule has 0 fully saturated rings. The number of hydrogen-bond acceptors (Lipinski definition) is 4. The summed E-state index contributed by atoms with van der Waals surface area (Å²) in [6.07, 6.45) is 2.73. The van der Waals surface area contributed by atoms with Crippen LogP contribution < -0.4 is 5.32 Å². The van der Waals surface area contributed by atoms with Crippen molar-refractivity contribution < 1.29 is 14.7 Å². The van der Waals surface area contributed by atoms with Gasteiger partial charge in [0.15, 0.2) is 5.65 Å². The molecule has 22 heavy (non-hydrogen) atoms. The molecule has 2 aromatic heterocycles. The lowest BCUT2D eigenvalue weighted by atomic mass is 10.1. The van der Waals surface area contributed by atoms with E-state index in [1.807, 2.05) is 13.8 Å². The van der Waals surface area contributed by atoms with Gasteiger partial charge >= 0.3 is 5.97 Å². The van der Waals surface area contributed by atoms with E-state index in [0.29, 0.717) is 30.6 Å². The van der Waals surface area contributed by atoms with Crippen LogP contribution >= 0.6 is 0 Å². The van der Waals surface area contributed by atoms with Gasteiger partial charge in [0.1, 0.15) is 6.04 Å². The van der Waals surface area contributed by atoms with E-state index in [1.54, 1.807) is 23.9 Å². The number of amides is 1. The molecule has 2 N–H and O–H groups in total. The van der Waals surface area contributed by atoms with Crippen LogP contribution in [0.4, 0.5) is 0 Å². The number of pyridine rings is 1. The van der Waals surface area contributed by atoms with Crippen LogP contribution in [0.5, 0.6) is 0 Å². The quantitative estimate of drug-likeness (QED) is 0.847. The van der Waals surface area contributed by atoms with Crippen molar-refractivity contribution in [3.8, 4) is 0 Å². The summed E-state index contributed by atoms with van der Waals surface area (Å²) in [4.78, 5) is 27.9. The number of aromatic nitrogens is 3. The van der Waals surface area contributed by atoms with Crippen molar-refractivity contribution in [3.05, 3.63) is 23.5 Å². The molecule has 118 valence electrons. The van der Waals surface area contributed by atoms with Gasteiger partial charge in [-0.2, -0.15) is 5.10 Å². The fourth-order valence-electron chi connectivity index (χ4n) is 2.34. The lowest BCUT2D eigenvalue weighted by Gasteiger charge is -2.14. The van der Waals surface area contributed by atoms with Gasteiger partial charge < -0.3 is 10.4 Å². The predicted octanol–water partition coefficient (Wildman–Crippen LogP) is 1.74. The minimum absolute atomic E-state index is 0.380. The summed E-state index contributed by atoms with van der Waals surface area (Å²) in [5.74, 6) is -1.45. The number of carboxylic acids is 1. The van der Waals surface area contributed by atoms with Crippen molar-refractivity contribution in [2.45, 2.75) is 46.2 Å². The first-order valence-electron chi connectivity index (χ1n) is 7.34. The Morgan fingerprint density at radius 1 is 1.41 bits per heavy atom. The van der Waals surface area contributed by atoms with Gasteiger partial charge in [-0.1, -0.05) is 13.3 Å². The maximum Gasteiger partial charge on any atom is 0.326 e. The van der Waals surface area contributed by atoms with Gasteiger partial charge in [0.2, 0.25) is 0 Å². The molecule has 1 atom stereocenters. The van der Waals surface area contributed by atoms with Gasteiger partial charge in [-0.05, 0) is 26.3 Å². The second-order valence-corrected chi connectivity index (χ2v) is 5.15. The molecule has 0 bridgehead atoms. The van der Waals surface area contributed by atoms with E-state index in [2.05, 4.69) is 15.4 Å².